The SMILES string of the molecule is CC[C@H]1CSC2=N[C@@H](c3ccccn3)[C@@H](c3cccn3-c3ccc(O)cc3)N21. The van der Waals surface area contributed by atoms with Crippen molar-refractivity contribution in [1.82, 2.24) is 14.5 Å². The molecule has 0 unspecified atom stereocenters. The van der Waals surface area contributed by atoms with Crippen LogP contribution in [0.15, 0.2) is 72.0 Å². The molecule has 5 nitrogen and oxygen atoms in total. The second-order valence-corrected chi connectivity index (χ2v) is 8.14. The predicted molar refractivity (Wildman–Crippen MR) is 113 cm³/mol. The van der Waals surface area contributed by atoms with Gasteiger partial charge in [0.15, 0.2) is 5.17 Å². The first-order valence-corrected chi connectivity index (χ1v) is 10.6. The molecule has 0 aliphatic carbocycles. The van der Waals surface area contributed by atoms with E-state index in [1.165, 1.54) is 5.69 Å². The Hall–Kier alpha value is -2.73. The average molecular weight is 391 g/mol. The summed E-state index contributed by atoms with van der Waals surface area (Å²) in [7, 11) is 0. The molecular weight excluding hydrogens is 368 g/mol. The number of rotatable bonds is 4. The maximum Gasteiger partial charge on any atom is 0.160 e. The molecule has 0 spiro atoms. The molecule has 0 amide bonds. The Labute approximate surface area is 168 Å². The van der Waals surface area contributed by atoms with Gasteiger partial charge in [0.1, 0.15) is 17.8 Å². The number of benzene rings is 1. The molecule has 2 aliphatic heterocycles. The minimum absolute atomic E-state index is 0.0242. The van der Waals surface area contributed by atoms with Crippen LogP contribution in [0.1, 0.15) is 36.8 Å². The van der Waals surface area contributed by atoms with Crippen LogP contribution in [-0.2, 0) is 0 Å². The molecule has 1 aromatic carbocycles. The van der Waals surface area contributed by atoms with Gasteiger partial charge in [0.25, 0.3) is 0 Å². The van der Waals surface area contributed by atoms with Crippen molar-refractivity contribution in [3.05, 3.63) is 78.4 Å². The van der Waals surface area contributed by atoms with Crippen molar-refractivity contribution in [2.75, 3.05) is 5.75 Å². The fourth-order valence-corrected chi connectivity index (χ4v) is 5.49. The van der Waals surface area contributed by atoms with Crippen LogP contribution in [0, 0.1) is 0 Å². The number of aliphatic imine (C=N–C) groups is 1. The van der Waals surface area contributed by atoms with Crippen LogP contribution in [0.25, 0.3) is 5.69 Å². The summed E-state index contributed by atoms with van der Waals surface area (Å²) in [5.74, 6) is 1.36. The number of nitrogens with zero attached hydrogens (tertiary/aromatic N) is 4. The van der Waals surface area contributed by atoms with Crippen molar-refractivity contribution in [2.45, 2.75) is 31.5 Å². The van der Waals surface area contributed by atoms with Crippen LogP contribution in [0.4, 0.5) is 0 Å². The van der Waals surface area contributed by atoms with Gasteiger partial charge >= 0.3 is 0 Å². The second-order valence-electron chi connectivity index (χ2n) is 7.16. The number of hydrogen-bond acceptors (Lipinski definition) is 5. The van der Waals surface area contributed by atoms with Gasteiger partial charge in [-0.05, 0) is 55.0 Å². The van der Waals surface area contributed by atoms with Crippen molar-refractivity contribution in [2.24, 2.45) is 4.99 Å². The molecule has 1 saturated heterocycles. The summed E-state index contributed by atoms with van der Waals surface area (Å²) < 4.78 is 2.20. The van der Waals surface area contributed by atoms with Crippen LogP contribution in [0.3, 0.4) is 0 Å². The number of phenolic OH excluding ortho intramolecular Hbond substituents is 1. The fourth-order valence-electron chi connectivity index (χ4n) is 4.15. The number of pyridine rings is 1. The summed E-state index contributed by atoms with van der Waals surface area (Å²) in [5.41, 5.74) is 3.23. The fraction of sp³-hybridized carbons (Fsp3) is 0.273. The smallest absolute Gasteiger partial charge is 0.160 e. The summed E-state index contributed by atoms with van der Waals surface area (Å²) >= 11 is 1.85. The van der Waals surface area contributed by atoms with Crippen LogP contribution in [-0.4, -0.2) is 36.5 Å². The molecule has 3 aromatic rings. The van der Waals surface area contributed by atoms with Gasteiger partial charge in [-0.25, -0.2) is 0 Å². The molecule has 1 fully saturated rings. The highest BCUT2D eigenvalue weighted by Crippen LogP contribution is 2.48. The van der Waals surface area contributed by atoms with Crippen LogP contribution >= 0.6 is 11.8 Å². The minimum Gasteiger partial charge on any atom is -0.508 e. The van der Waals surface area contributed by atoms with Gasteiger partial charge < -0.3 is 14.6 Å². The topological polar surface area (TPSA) is 53.6 Å². The predicted octanol–water partition coefficient (Wildman–Crippen LogP) is 4.56. The lowest BCUT2D eigenvalue weighted by molar-refractivity contribution is 0.249. The second kappa shape index (κ2) is 7.02. The lowest BCUT2D eigenvalue weighted by Crippen LogP contribution is -2.36. The molecule has 2 aliphatic rings. The zero-order valence-electron chi connectivity index (χ0n) is 15.6. The molecule has 1 N–H and O–H groups in total. The zero-order chi connectivity index (χ0) is 19.1. The summed E-state index contributed by atoms with van der Waals surface area (Å²) in [5, 5.41) is 10.8. The van der Waals surface area contributed by atoms with Gasteiger partial charge in [0.2, 0.25) is 0 Å². The summed E-state index contributed by atoms with van der Waals surface area (Å²) in [4.78, 5) is 12.2. The summed E-state index contributed by atoms with van der Waals surface area (Å²) in [6.07, 6.45) is 5.02. The molecule has 2 aromatic heterocycles. The first-order valence-electron chi connectivity index (χ1n) is 9.63. The van der Waals surface area contributed by atoms with Gasteiger partial charge in [0.05, 0.1) is 5.69 Å². The van der Waals surface area contributed by atoms with Crippen molar-refractivity contribution in [3.8, 4) is 11.4 Å². The van der Waals surface area contributed by atoms with E-state index < -0.39 is 0 Å². The number of thioether (sulfide) groups is 1. The molecule has 0 bridgehead atoms. The van der Waals surface area contributed by atoms with Gasteiger partial charge in [-0.15, -0.1) is 0 Å². The van der Waals surface area contributed by atoms with Gasteiger partial charge in [-0.1, -0.05) is 24.8 Å². The Morgan fingerprint density at radius 2 is 1.96 bits per heavy atom. The van der Waals surface area contributed by atoms with E-state index in [1.807, 2.05) is 42.2 Å². The normalized spacial score (nSPS) is 23.7. The van der Waals surface area contributed by atoms with Gasteiger partial charge in [-0.2, -0.15) is 0 Å². The number of phenols is 1. The van der Waals surface area contributed by atoms with Crippen LogP contribution < -0.4 is 0 Å². The molecule has 3 atom stereocenters. The average Bonchev–Trinajstić information content (AvgIpc) is 3.44. The van der Waals surface area contributed by atoms with Crippen molar-refractivity contribution < 1.29 is 5.11 Å². The number of amidine groups is 1. The highest BCUT2D eigenvalue weighted by molar-refractivity contribution is 8.14. The molecule has 0 radical (unpaired) electrons. The van der Waals surface area contributed by atoms with Crippen molar-refractivity contribution in [1.29, 1.82) is 0 Å². The van der Waals surface area contributed by atoms with Gasteiger partial charge in [-0.3, -0.25) is 9.98 Å². The monoisotopic (exact) mass is 390 g/mol. The Bertz CT molecular complexity index is 999. The van der Waals surface area contributed by atoms with E-state index in [9.17, 15) is 5.11 Å². The Morgan fingerprint density at radius 1 is 1.11 bits per heavy atom. The lowest BCUT2D eigenvalue weighted by atomic mass is 9.99. The van der Waals surface area contributed by atoms with E-state index in [4.69, 9.17) is 4.99 Å². The number of aromatic hydroxyl groups is 1. The highest BCUT2D eigenvalue weighted by Gasteiger charge is 2.46. The minimum atomic E-state index is -0.0242. The molecule has 142 valence electrons. The molecule has 5 rings (SSSR count). The first kappa shape index (κ1) is 17.4. The number of hydrogen-bond donors (Lipinski definition) is 1. The summed E-state index contributed by atoms with van der Waals surface area (Å²) in [6, 6.07) is 18.2. The lowest BCUT2D eigenvalue weighted by Gasteiger charge is -2.32. The molecule has 28 heavy (non-hydrogen) atoms. The van der Waals surface area contributed by atoms with Crippen molar-refractivity contribution in [3.63, 3.8) is 0 Å². The largest absolute Gasteiger partial charge is 0.508 e. The van der Waals surface area contributed by atoms with E-state index in [2.05, 4.69) is 45.8 Å². The Balaban J connectivity index is 1.62. The van der Waals surface area contributed by atoms with Crippen LogP contribution in [0.5, 0.6) is 5.75 Å². The third-order valence-corrected chi connectivity index (χ3v) is 6.67. The quantitative estimate of drug-likeness (QED) is 0.710. The van der Waals surface area contributed by atoms with Gasteiger partial charge in [0, 0.05) is 35.6 Å². The maximum absolute atomic E-state index is 9.67. The standard InChI is InChI=1S/C22H22N4OS/c1-2-15-14-28-22-24-20(18-6-3-4-12-23-18)21(26(15)22)19-7-5-13-25(19)16-8-10-17(27)11-9-16/h3-13,15,20-21,27H,2,14H2,1H3/t15-,20-,21+/m0/s1. The van der Waals surface area contributed by atoms with E-state index in [0.29, 0.717) is 6.04 Å². The Morgan fingerprint density at radius 3 is 2.71 bits per heavy atom. The van der Waals surface area contributed by atoms with E-state index in [-0.39, 0.29) is 17.8 Å². The van der Waals surface area contributed by atoms with E-state index in [1.54, 1.807) is 12.1 Å². The highest BCUT2D eigenvalue weighted by atomic mass is 32.2. The van der Waals surface area contributed by atoms with Crippen molar-refractivity contribution >= 4 is 16.9 Å². The maximum atomic E-state index is 9.67. The Kier molecular flexibility index (Phi) is 4.36. The third-order valence-electron chi connectivity index (χ3n) is 5.54. The first-order chi connectivity index (χ1) is 13.8. The molecular formula is C22H22N4OS. The molecule has 6 heteroatoms. The molecule has 0 saturated carbocycles. The summed E-state index contributed by atoms with van der Waals surface area (Å²) in [6.45, 7) is 2.25. The number of aromatic nitrogens is 2. The van der Waals surface area contributed by atoms with E-state index >= 15 is 0 Å². The third kappa shape index (κ3) is 2.79. The number of fused-ring (bicyclic) bond motifs is 1. The molecule has 4 heterocycles. The van der Waals surface area contributed by atoms with E-state index in [0.717, 1.165) is 28.7 Å². The van der Waals surface area contributed by atoms with Crippen LogP contribution in [0.2, 0.25) is 0 Å². The zero-order valence-corrected chi connectivity index (χ0v) is 16.5.